The molecular weight excluding hydrogens is 227 g/mol. The van der Waals surface area contributed by atoms with Crippen molar-refractivity contribution in [3.63, 3.8) is 0 Å². The number of nitrogens with zero attached hydrogens (tertiary/aromatic N) is 1. The van der Waals surface area contributed by atoms with E-state index in [0.29, 0.717) is 22.0 Å². The van der Waals surface area contributed by atoms with Crippen LogP contribution in [-0.4, -0.2) is 9.97 Å². The summed E-state index contributed by atoms with van der Waals surface area (Å²) < 4.78 is 13.7. The highest BCUT2D eigenvalue weighted by Crippen LogP contribution is 2.31. The summed E-state index contributed by atoms with van der Waals surface area (Å²) in [7, 11) is 0. The highest BCUT2D eigenvalue weighted by Gasteiger charge is 2.15. The predicted molar refractivity (Wildman–Crippen MR) is 62.9 cm³/mol. The molecule has 1 aromatic carbocycles. The van der Waals surface area contributed by atoms with Crippen LogP contribution in [-0.2, 0) is 0 Å². The Morgan fingerprint density at radius 3 is 2.88 bits per heavy atom. The first-order valence-corrected chi connectivity index (χ1v) is 5.12. The first kappa shape index (κ1) is 10.9. The van der Waals surface area contributed by atoms with Crippen molar-refractivity contribution in [3.8, 4) is 0 Å². The van der Waals surface area contributed by atoms with Gasteiger partial charge in [0.05, 0.1) is 5.02 Å². The van der Waals surface area contributed by atoms with Crippen LogP contribution in [0.5, 0.6) is 0 Å². The van der Waals surface area contributed by atoms with Crippen molar-refractivity contribution >= 4 is 17.2 Å². The molecule has 0 unspecified atom stereocenters. The van der Waals surface area contributed by atoms with Crippen molar-refractivity contribution in [3.05, 3.63) is 58.9 Å². The minimum absolute atomic E-state index is 0.302. The molecule has 0 saturated carbocycles. The molecule has 82 valence electrons. The van der Waals surface area contributed by atoms with Gasteiger partial charge in [-0.1, -0.05) is 24.2 Å². The van der Waals surface area contributed by atoms with E-state index in [0.717, 1.165) is 5.56 Å². The van der Waals surface area contributed by atoms with Gasteiger partial charge in [-0.2, -0.15) is 0 Å². The van der Waals surface area contributed by atoms with Gasteiger partial charge < -0.3 is 4.98 Å². The zero-order valence-electron chi connectivity index (χ0n) is 8.72. The van der Waals surface area contributed by atoms with Crippen molar-refractivity contribution in [1.82, 2.24) is 9.97 Å². The van der Waals surface area contributed by atoms with Crippen LogP contribution in [0.4, 0.5) is 4.39 Å². The van der Waals surface area contributed by atoms with Crippen LogP contribution >= 0.6 is 11.6 Å². The Bertz CT molecular complexity index is 532. The topological polar surface area (TPSA) is 28.7 Å². The minimum atomic E-state index is -0.392. The third kappa shape index (κ3) is 1.74. The molecule has 0 aliphatic rings. The molecule has 0 aliphatic carbocycles. The number of aryl methyl sites for hydroxylation is 1. The van der Waals surface area contributed by atoms with E-state index in [1.165, 1.54) is 6.07 Å². The van der Waals surface area contributed by atoms with E-state index in [9.17, 15) is 4.39 Å². The molecule has 0 radical (unpaired) electrons. The number of halogens is 2. The normalized spacial score (nSPS) is 10.4. The number of benzene rings is 1. The number of imidazole rings is 1. The van der Waals surface area contributed by atoms with Crippen LogP contribution in [0.25, 0.3) is 5.57 Å². The summed E-state index contributed by atoms with van der Waals surface area (Å²) in [6.07, 6.45) is 3.24. The van der Waals surface area contributed by atoms with Crippen molar-refractivity contribution in [2.24, 2.45) is 0 Å². The lowest BCUT2D eigenvalue weighted by atomic mass is 10.0. The lowest BCUT2D eigenvalue weighted by Crippen LogP contribution is -1.96. The molecule has 1 heterocycles. The standard InChI is InChI=1S/C12H10ClFN2/c1-7-3-4-9(14)10(11(7)13)8(2)12-15-5-6-16-12/h3-6H,2H2,1H3,(H,15,16). The second-order valence-corrected chi connectivity index (χ2v) is 3.85. The second kappa shape index (κ2) is 4.10. The number of nitrogens with one attached hydrogen (secondary N) is 1. The smallest absolute Gasteiger partial charge is 0.137 e. The Morgan fingerprint density at radius 1 is 1.50 bits per heavy atom. The van der Waals surface area contributed by atoms with Gasteiger partial charge in [0.2, 0.25) is 0 Å². The molecule has 1 aromatic heterocycles. The van der Waals surface area contributed by atoms with E-state index in [-0.39, 0.29) is 0 Å². The lowest BCUT2D eigenvalue weighted by molar-refractivity contribution is 0.623. The molecule has 16 heavy (non-hydrogen) atoms. The summed E-state index contributed by atoms with van der Waals surface area (Å²) in [6.45, 7) is 5.63. The summed E-state index contributed by atoms with van der Waals surface area (Å²) in [5.74, 6) is 0.128. The molecule has 4 heteroatoms. The van der Waals surface area contributed by atoms with Crippen molar-refractivity contribution < 1.29 is 4.39 Å². The van der Waals surface area contributed by atoms with Crippen LogP contribution in [0, 0.1) is 12.7 Å². The Morgan fingerprint density at radius 2 is 2.25 bits per heavy atom. The summed E-state index contributed by atoms with van der Waals surface area (Å²) in [5, 5.41) is 0.376. The summed E-state index contributed by atoms with van der Waals surface area (Å²) >= 11 is 6.07. The third-order valence-electron chi connectivity index (χ3n) is 2.37. The lowest BCUT2D eigenvalue weighted by Gasteiger charge is -2.09. The number of rotatable bonds is 2. The molecule has 0 atom stereocenters. The van der Waals surface area contributed by atoms with E-state index in [1.54, 1.807) is 18.5 Å². The summed E-state index contributed by atoms with van der Waals surface area (Å²) in [4.78, 5) is 6.90. The van der Waals surface area contributed by atoms with Gasteiger partial charge in [-0.25, -0.2) is 9.37 Å². The van der Waals surface area contributed by atoms with Crippen LogP contribution < -0.4 is 0 Å². The highest BCUT2D eigenvalue weighted by molar-refractivity contribution is 6.33. The van der Waals surface area contributed by atoms with Crippen molar-refractivity contribution in [2.45, 2.75) is 6.92 Å². The monoisotopic (exact) mass is 236 g/mol. The third-order valence-corrected chi connectivity index (χ3v) is 2.86. The quantitative estimate of drug-likeness (QED) is 0.849. The van der Waals surface area contributed by atoms with Gasteiger partial charge >= 0.3 is 0 Å². The van der Waals surface area contributed by atoms with Gasteiger partial charge in [0, 0.05) is 23.5 Å². The molecule has 0 fully saturated rings. The summed E-state index contributed by atoms with van der Waals surface area (Å²) in [6, 6.07) is 3.02. The number of H-pyrrole nitrogens is 1. The van der Waals surface area contributed by atoms with E-state index < -0.39 is 5.82 Å². The Kier molecular flexibility index (Phi) is 2.79. The Labute approximate surface area is 97.8 Å². The zero-order chi connectivity index (χ0) is 11.7. The largest absolute Gasteiger partial charge is 0.345 e. The average Bonchev–Trinajstić information content (AvgIpc) is 2.77. The maximum absolute atomic E-state index is 13.7. The van der Waals surface area contributed by atoms with Gasteiger partial charge in [-0.3, -0.25) is 0 Å². The van der Waals surface area contributed by atoms with Crippen LogP contribution in [0.3, 0.4) is 0 Å². The number of hydrogen-bond acceptors (Lipinski definition) is 1. The molecule has 0 aliphatic heterocycles. The fourth-order valence-electron chi connectivity index (χ4n) is 1.48. The zero-order valence-corrected chi connectivity index (χ0v) is 9.48. The fourth-order valence-corrected chi connectivity index (χ4v) is 1.75. The molecule has 0 amide bonds. The van der Waals surface area contributed by atoms with Gasteiger partial charge in [0.25, 0.3) is 0 Å². The molecule has 2 nitrogen and oxygen atoms in total. The predicted octanol–water partition coefficient (Wildman–Crippen LogP) is 3.57. The number of aromatic amines is 1. The van der Waals surface area contributed by atoms with Crippen molar-refractivity contribution in [1.29, 1.82) is 0 Å². The molecule has 0 bridgehead atoms. The first-order chi connectivity index (χ1) is 7.61. The maximum Gasteiger partial charge on any atom is 0.137 e. The SMILES string of the molecule is C=C(c1ncc[nH]1)c1c(F)ccc(C)c1Cl. The molecule has 2 rings (SSSR count). The molecular formula is C12H10ClFN2. The van der Waals surface area contributed by atoms with Crippen LogP contribution in [0.1, 0.15) is 17.0 Å². The summed E-state index contributed by atoms with van der Waals surface area (Å²) in [5.41, 5.74) is 1.57. The fraction of sp³-hybridized carbons (Fsp3) is 0.0833. The second-order valence-electron chi connectivity index (χ2n) is 3.47. The van der Waals surface area contributed by atoms with E-state index >= 15 is 0 Å². The van der Waals surface area contributed by atoms with E-state index in [4.69, 9.17) is 11.6 Å². The Hall–Kier alpha value is -1.61. The first-order valence-electron chi connectivity index (χ1n) is 4.75. The highest BCUT2D eigenvalue weighted by atomic mass is 35.5. The molecule has 2 aromatic rings. The van der Waals surface area contributed by atoms with Crippen LogP contribution in [0.2, 0.25) is 5.02 Å². The van der Waals surface area contributed by atoms with Crippen molar-refractivity contribution in [2.75, 3.05) is 0 Å². The molecule has 0 saturated heterocycles. The maximum atomic E-state index is 13.7. The van der Waals surface area contributed by atoms with Gasteiger partial charge in [0.1, 0.15) is 11.6 Å². The van der Waals surface area contributed by atoms with Gasteiger partial charge in [-0.05, 0) is 18.6 Å². The van der Waals surface area contributed by atoms with Gasteiger partial charge in [-0.15, -0.1) is 0 Å². The van der Waals surface area contributed by atoms with E-state index in [2.05, 4.69) is 16.5 Å². The number of aromatic nitrogens is 2. The van der Waals surface area contributed by atoms with Gasteiger partial charge in [0.15, 0.2) is 0 Å². The van der Waals surface area contributed by atoms with E-state index in [1.807, 2.05) is 6.92 Å². The molecule has 1 N–H and O–H groups in total. The van der Waals surface area contributed by atoms with Crippen LogP contribution in [0.15, 0.2) is 31.1 Å². The molecule has 0 spiro atoms. The minimum Gasteiger partial charge on any atom is -0.345 e. The number of hydrogen-bond donors (Lipinski definition) is 1. The average molecular weight is 237 g/mol. The Balaban J connectivity index is 2.56.